The molecule has 4 nitrogen and oxygen atoms in total. The monoisotopic (exact) mass is 394 g/mol. The number of hydrogen-bond acceptors (Lipinski definition) is 4. The molecule has 4 rings (SSSR count). The SMILES string of the molecule is O=C(Oc1ccc2oc(-c3ccc(Cl)cc3)cc(=O)c2c1)c1ccc(F)cc1. The summed E-state index contributed by atoms with van der Waals surface area (Å²) in [4.78, 5) is 24.7. The van der Waals surface area contributed by atoms with Crippen molar-refractivity contribution in [1.82, 2.24) is 0 Å². The van der Waals surface area contributed by atoms with E-state index >= 15 is 0 Å². The van der Waals surface area contributed by atoms with Crippen molar-refractivity contribution < 1.29 is 18.3 Å². The fourth-order valence-corrected chi connectivity index (χ4v) is 2.83. The molecule has 1 heterocycles. The molecule has 0 spiro atoms. The lowest BCUT2D eigenvalue weighted by Crippen LogP contribution is -2.09. The average Bonchev–Trinajstić information content (AvgIpc) is 2.69. The Hall–Kier alpha value is -3.44. The lowest BCUT2D eigenvalue weighted by atomic mass is 10.1. The van der Waals surface area contributed by atoms with Crippen molar-refractivity contribution in [2.24, 2.45) is 0 Å². The van der Waals surface area contributed by atoms with Crippen LogP contribution in [0.1, 0.15) is 10.4 Å². The molecule has 138 valence electrons. The van der Waals surface area contributed by atoms with Crippen molar-refractivity contribution in [2.75, 3.05) is 0 Å². The summed E-state index contributed by atoms with van der Waals surface area (Å²) in [6.45, 7) is 0. The minimum absolute atomic E-state index is 0.188. The number of carbonyl (C=O) groups excluding carboxylic acids is 1. The van der Waals surface area contributed by atoms with Crippen LogP contribution in [0, 0.1) is 5.82 Å². The average molecular weight is 395 g/mol. The number of halogens is 2. The van der Waals surface area contributed by atoms with Gasteiger partial charge in [-0.1, -0.05) is 11.6 Å². The number of esters is 1. The third-order valence-electron chi connectivity index (χ3n) is 4.12. The lowest BCUT2D eigenvalue weighted by Gasteiger charge is -2.07. The molecule has 0 saturated carbocycles. The second-order valence-corrected chi connectivity index (χ2v) is 6.47. The minimum Gasteiger partial charge on any atom is -0.456 e. The van der Waals surface area contributed by atoms with Crippen molar-refractivity contribution in [3.05, 3.63) is 99.4 Å². The Morgan fingerprint density at radius 3 is 2.36 bits per heavy atom. The molecule has 28 heavy (non-hydrogen) atoms. The highest BCUT2D eigenvalue weighted by Crippen LogP contribution is 2.26. The van der Waals surface area contributed by atoms with Crippen LogP contribution in [0.15, 0.2) is 82.0 Å². The van der Waals surface area contributed by atoms with Crippen LogP contribution in [0.25, 0.3) is 22.3 Å². The normalized spacial score (nSPS) is 10.8. The van der Waals surface area contributed by atoms with E-state index < -0.39 is 11.8 Å². The second-order valence-electron chi connectivity index (χ2n) is 6.04. The first-order valence-corrected chi connectivity index (χ1v) is 8.69. The van der Waals surface area contributed by atoms with E-state index in [9.17, 15) is 14.0 Å². The van der Waals surface area contributed by atoms with Crippen LogP contribution in [-0.4, -0.2) is 5.97 Å². The fraction of sp³-hybridized carbons (Fsp3) is 0. The van der Waals surface area contributed by atoms with Crippen molar-refractivity contribution >= 4 is 28.5 Å². The number of benzene rings is 3. The van der Waals surface area contributed by atoms with Gasteiger partial charge in [-0.05, 0) is 66.7 Å². The molecule has 0 atom stereocenters. The Labute approximate surface area is 163 Å². The summed E-state index contributed by atoms with van der Waals surface area (Å²) in [7, 11) is 0. The van der Waals surface area contributed by atoms with E-state index in [1.807, 2.05) is 0 Å². The van der Waals surface area contributed by atoms with Crippen LogP contribution in [0.3, 0.4) is 0 Å². The van der Waals surface area contributed by atoms with E-state index in [1.165, 1.54) is 42.5 Å². The molecule has 4 aromatic rings. The maximum absolute atomic E-state index is 13.0. The predicted molar refractivity (Wildman–Crippen MR) is 104 cm³/mol. The van der Waals surface area contributed by atoms with Gasteiger partial charge in [0.2, 0.25) is 0 Å². The molecule has 0 N–H and O–H groups in total. The van der Waals surface area contributed by atoms with E-state index in [2.05, 4.69) is 0 Å². The topological polar surface area (TPSA) is 56.5 Å². The van der Waals surface area contributed by atoms with Crippen molar-refractivity contribution in [3.8, 4) is 17.1 Å². The molecule has 0 saturated heterocycles. The Balaban J connectivity index is 1.66. The molecule has 0 fully saturated rings. The first-order valence-electron chi connectivity index (χ1n) is 8.31. The molecule has 0 bridgehead atoms. The quantitative estimate of drug-likeness (QED) is 0.341. The fourth-order valence-electron chi connectivity index (χ4n) is 2.71. The molecule has 1 aromatic heterocycles. The van der Waals surface area contributed by atoms with Crippen LogP contribution >= 0.6 is 11.6 Å². The van der Waals surface area contributed by atoms with Crippen molar-refractivity contribution in [3.63, 3.8) is 0 Å². The summed E-state index contributed by atoms with van der Waals surface area (Å²) in [5, 5.41) is 0.863. The zero-order valence-electron chi connectivity index (χ0n) is 14.3. The largest absolute Gasteiger partial charge is 0.456 e. The van der Waals surface area contributed by atoms with Crippen LogP contribution in [0.2, 0.25) is 5.02 Å². The number of ether oxygens (including phenoxy) is 1. The summed E-state index contributed by atoms with van der Waals surface area (Å²) in [6.07, 6.45) is 0. The molecule has 6 heteroatoms. The van der Waals surface area contributed by atoms with Crippen LogP contribution in [0.5, 0.6) is 5.75 Å². The Morgan fingerprint density at radius 1 is 0.929 bits per heavy atom. The van der Waals surface area contributed by atoms with Gasteiger partial charge in [0.05, 0.1) is 10.9 Å². The van der Waals surface area contributed by atoms with Crippen molar-refractivity contribution in [2.45, 2.75) is 0 Å². The maximum Gasteiger partial charge on any atom is 0.343 e. The molecule has 0 aliphatic rings. The minimum atomic E-state index is -0.651. The van der Waals surface area contributed by atoms with Gasteiger partial charge in [0.15, 0.2) is 5.43 Å². The third-order valence-corrected chi connectivity index (χ3v) is 4.37. The van der Waals surface area contributed by atoms with E-state index in [-0.39, 0.29) is 22.1 Å². The zero-order valence-corrected chi connectivity index (χ0v) is 15.1. The van der Waals surface area contributed by atoms with Crippen LogP contribution in [-0.2, 0) is 0 Å². The summed E-state index contributed by atoms with van der Waals surface area (Å²) in [5.74, 6) is -0.503. The molecule has 0 aliphatic heterocycles. The molecule has 0 amide bonds. The Bertz CT molecular complexity index is 1230. The van der Waals surface area contributed by atoms with Gasteiger partial charge in [-0.15, -0.1) is 0 Å². The van der Waals surface area contributed by atoms with E-state index in [4.69, 9.17) is 20.8 Å². The molecular weight excluding hydrogens is 383 g/mol. The van der Waals surface area contributed by atoms with Gasteiger partial charge < -0.3 is 9.15 Å². The van der Waals surface area contributed by atoms with Crippen LogP contribution < -0.4 is 10.2 Å². The summed E-state index contributed by atoms with van der Waals surface area (Å²) in [6, 6.07) is 17.8. The van der Waals surface area contributed by atoms with Gasteiger partial charge in [0.25, 0.3) is 0 Å². The van der Waals surface area contributed by atoms with Gasteiger partial charge >= 0.3 is 5.97 Å². The highest BCUT2D eigenvalue weighted by atomic mass is 35.5. The van der Waals surface area contributed by atoms with E-state index in [1.54, 1.807) is 30.3 Å². The highest BCUT2D eigenvalue weighted by molar-refractivity contribution is 6.30. The first-order chi connectivity index (χ1) is 13.5. The van der Waals surface area contributed by atoms with E-state index in [0.29, 0.717) is 16.4 Å². The maximum atomic E-state index is 13.0. The zero-order chi connectivity index (χ0) is 19.7. The molecule has 0 aliphatic carbocycles. The smallest absolute Gasteiger partial charge is 0.343 e. The van der Waals surface area contributed by atoms with Crippen molar-refractivity contribution in [1.29, 1.82) is 0 Å². The Kier molecular flexibility index (Phi) is 4.67. The molecule has 0 unspecified atom stereocenters. The first kappa shape index (κ1) is 17.9. The van der Waals surface area contributed by atoms with Gasteiger partial charge in [-0.25, -0.2) is 9.18 Å². The predicted octanol–water partition coefficient (Wildman–Crippen LogP) is 5.47. The van der Waals surface area contributed by atoms with Gasteiger partial charge in [0, 0.05) is 16.7 Å². The number of hydrogen-bond donors (Lipinski definition) is 0. The standard InChI is InChI=1S/C22H12ClFO4/c23-15-5-1-13(2-6-15)21-12-19(25)18-11-17(9-10-20(18)28-21)27-22(26)14-3-7-16(24)8-4-14/h1-12H. The third kappa shape index (κ3) is 3.66. The molecule has 0 radical (unpaired) electrons. The second kappa shape index (κ2) is 7.29. The van der Waals surface area contributed by atoms with Crippen LogP contribution in [0.4, 0.5) is 4.39 Å². The number of carbonyl (C=O) groups is 1. The summed E-state index contributed by atoms with van der Waals surface area (Å²) < 4.78 is 24.0. The number of rotatable bonds is 3. The molecule has 3 aromatic carbocycles. The van der Waals surface area contributed by atoms with Gasteiger partial charge in [-0.3, -0.25) is 4.79 Å². The summed E-state index contributed by atoms with van der Waals surface area (Å²) >= 11 is 5.88. The molecular formula is C22H12ClFO4. The summed E-state index contributed by atoms with van der Waals surface area (Å²) in [5.41, 5.74) is 1.01. The van der Waals surface area contributed by atoms with Gasteiger partial charge in [-0.2, -0.15) is 0 Å². The number of fused-ring (bicyclic) bond motifs is 1. The van der Waals surface area contributed by atoms with E-state index in [0.717, 1.165) is 5.56 Å². The Morgan fingerprint density at radius 2 is 1.64 bits per heavy atom. The van der Waals surface area contributed by atoms with Gasteiger partial charge in [0.1, 0.15) is 22.9 Å². The highest BCUT2D eigenvalue weighted by Gasteiger charge is 2.12. The lowest BCUT2D eigenvalue weighted by molar-refractivity contribution is 0.0735.